The standard InChI is InChI=1S/C16H18N4O6/c1-26-13-5-3-2-4-11(13)8-12(16(22)23)9-17-15(21)10-19-7-6-14(18-19)20(24)25/h2-7,12H,8-10H2,1H3,(H,17,21)(H,22,23). The number of carbonyl (C=O) groups is 2. The number of hydrogen-bond donors (Lipinski definition) is 2. The maximum absolute atomic E-state index is 11.9. The third kappa shape index (κ3) is 5.03. The summed E-state index contributed by atoms with van der Waals surface area (Å²) in [4.78, 5) is 33.3. The number of carboxylic acid groups (broad SMARTS) is 1. The van der Waals surface area contributed by atoms with Gasteiger partial charge in [0.25, 0.3) is 0 Å². The number of nitrogens with one attached hydrogen (secondary N) is 1. The van der Waals surface area contributed by atoms with Crippen LogP contribution in [-0.4, -0.2) is 45.3 Å². The lowest BCUT2D eigenvalue weighted by Gasteiger charge is -2.15. The van der Waals surface area contributed by atoms with Crippen molar-refractivity contribution in [3.8, 4) is 5.75 Å². The highest BCUT2D eigenvalue weighted by atomic mass is 16.6. The summed E-state index contributed by atoms with van der Waals surface area (Å²) in [6, 6.07) is 8.23. The number of hydrogen-bond acceptors (Lipinski definition) is 6. The second-order valence-corrected chi connectivity index (χ2v) is 5.48. The van der Waals surface area contributed by atoms with Crippen molar-refractivity contribution in [2.45, 2.75) is 13.0 Å². The van der Waals surface area contributed by atoms with Crippen LogP contribution in [-0.2, 0) is 22.6 Å². The van der Waals surface area contributed by atoms with Crippen LogP contribution in [0.2, 0.25) is 0 Å². The summed E-state index contributed by atoms with van der Waals surface area (Å²) >= 11 is 0. The molecule has 1 unspecified atom stereocenters. The number of rotatable bonds is 9. The van der Waals surface area contributed by atoms with Gasteiger partial charge in [0.05, 0.1) is 30.4 Å². The van der Waals surface area contributed by atoms with Crippen LogP contribution in [0.15, 0.2) is 36.5 Å². The first-order valence-corrected chi connectivity index (χ1v) is 7.70. The number of carboxylic acids is 1. The van der Waals surface area contributed by atoms with Crippen LogP contribution in [0.4, 0.5) is 5.82 Å². The molecule has 0 bridgehead atoms. The molecule has 0 aliphatic carbocycles. The average Bonchev–Trinajstić information content (AvgIpc) is 3.07. The van der Waals surface area contributed by atoms with Crippen LogP contribution >= 0.6 is 0 Å². The molecule has 1 heterocycles. The van der Waals surface area contributed by atoms with E-state index >= 15 is 0 Å². The highest BCUT2D eigenvalue weighted by Crippen LogP contribution is 2.21. The Balaban J connectivity index is 1.94. The van der Waals surface area contributed by atoms with Gasteiger partial charge < -0.3 is 25.3 Å². The molecule has 2 rings (SSSR count). The number of benzene rings is 1. The Bertz CT molecular complexity index is 804. The van der Waals surface area contributed by atoms with E-state index in [1.807, 2.05) is 0 Å². The molecule has 0 aliphatic rings. The van der Waals surface area contributed by atoms with Crippen LogP contribution in [0.3, 0.4) is 0 Å². The number of para-hydroxylation sites is 1. The number of ether oxygens (including phenoxy) is 1. The van der Waals surface area contributed by atoms with E-state index in [0.29, 0.717) is 5.75 Å². The van der Waals surface area contributed by atoms with Crippen LogP contribution in [0.25, 0.3) is 0 Å². The van der Waals surface area contributed by atoms with E-state index in [0.717, 1.165) is 10.2 Å². The van der Waals surface area contributed by atoms with Gasteiger partial charge in [-0.25, -0.2) is 0 Å². The zero-order valence-corrected chi connectivity index (χ0v) is 14.0. The van der Waals surface area contributed by atoms with Gasteiger partial charge in [-0.05, 0) is 23.0 Å². The molecule has 1 aromatic carbocycles. The Labute approximate surface area is 148 Å². The Morgan fingerprint density at radius 1 is 1.38 bits per heavy atom. The van der Waals surface area contributed by atoms with Crippen molar-refractivity contribution in [2.75, 3.05) is 13.7 Å². The fourth-order valence-electron chi connectivity index (χ4n) is 2.36. The molecule has 2 N–H and O–H groups in total. The molecule has 26 heavy (non-hydrogen) atoms. The number of methoxy groups -OCH3 is 1. The molecule has 138 valence electrons. The summed E-state index contributed by atoms with van der Waals surface area (Å²) < 4.78 is 6.32. The monoisotopic (exact) mass is 362 g/mol. The van der Waals surface area contributed by atoms with Crippen molar-refractivity contribution in [1.82, 2.24) is 15.1 Å². The van der Waals surface area contributed by atoms with E-state index in [1.165, 1.54) is 19.4 Å². The molecule has 0 fully saturated rings. The van der Waals surface area contributed by atoms with Gasteiger partial charge in [-0.15, -0.1) is 0 Å². The van der Waals surface area contributed by atoms with E-state index in [-0.39, 0.29) is 25.3 Å². The average molecular weight is 362 g/mol. The number of nitro groups is 1. The van der Waals surface area contributed by atoms with Gasteiger partial charge in [-0.2, -0.15) is 4.68 Å². The quantitative estimate of drug-likeness (QED) is 0.498. The largest absolute Gasteiger partial charge is 0.496 e. The zero-order chi connectivity index (χ0) is 19.1. The molecule has 0 spiro atoms. The number of carbonyl (C=O) groups excluding carboxylic acids is 1. The van der Waals surface area contributed by atoms with Crippen molar-refractivity contribution < 1.29 is 24.4 Å². The van der Waals surface area contributed by atoms with E-state index in [1.54, 1.807) is 24.3 Å². The molecule has 2 aromatic rings. The van der Waals surface area contributed by atoms with Crippen LogP contribution < -0.4 is 10.1 Å². The highest BCUT2D eigenvalue weighted by molar-refractivity contribution is 5.77. The van der Waals surface area contributed by atoms with E-state index < -0.39 is 22.7 Å². The van der Waals surface area contributed by atoms with Crippen molar-refractivity contribution in [3.05, 3.63) is 52.2 Å². The normalized spacial score (nSPS) is 11.6. The summed E-state index contributed by atoms with van der Waals surface area (Å²) in [5.41, 5.74) is 0.722. The Kier molecular flexibility index (Phi) is 6.25. The van der Waals surface area contributed by atoms with E-state index in [2.05, 4.69) is 10.4 Å². The molecular weight excluding hydrogens is 344 g/mol. The third-order valence-corrected chi connectivity index (χ3v) is 3.67. The topological polar surface area (TPSA) is 137 Å². The zero-order valence-electron chi connectivity index (χ0n) is 14.0. The molecular formula is C16H18N4O6. The number of aliphatic carboxylic acids is 1. The molecule has 0 saturated heterocycles. The van der Waals surface area contributed by atoms with Gasteiger partial charge in [-0.1, -0.05) is 18.2 Å². The number of nitrogens with zero attached hydrogens (tertiary/aromatic N) is 3. The predicted molar refractivity (Wildman–Crippen MR) is 89.7 cm³/mol. The van der Waals surface area contributed by atoms with Crippen molar-refractivity contribution in [1.29, 1.82) is 0 Å². The first-order valence-electron chi connectivity index (χ1n) is 7.70. The summed E-state index contributed by atoms with van der Waals surface area (Å²) in [7, 11) is 1.50. The first kappa shape index (κ1) is 18.9. The molecule has 10 nitrogen and oxygen atoms in total. The van der Waals surface area contributed by atoms with Crippen molar-refractivity contribution in [3.63, 3.8) is 0 Å². The minimum Gasteiger partial charge on any atom is -0.496 e. The lowest BCUT2D eigenvalue weighted by molar-refractivity contribution is -0.389. The minimum atomic E-state index is -1.05. The second-order valence-electron chi connectivity index (χ2n) is 5.48. The number of amides is 1. The number of aromatic nitrogens is 2. The predicted octanol–water partition coefficient (Wildman–Crippen LogP) is 0.860. The summed E-state index contributed by atoms with van der Waals surface area (Å²) in [6.45, 7) is -0.329. The lowest BCUT2D eigenvalue weighted by Crippen LogP contribution is -2.36. The minimum absolute atomic E-state index is 0.0877. The third-order valence-electron chi connectivity index (χ3n) is 3.67. The SMILES string of the molecule is COc1ccccc1CC(CNC(=O)Cn1ccc([N+](=O)[O-])n1)C(=O)O. The van der Waals surface area contributed by atoms with Gasteiger partial charge in [0.15, 0.2) is 0 Å². The smallest absolute Gasteiger partial charge is 0.389 e. The second kappa shape index (κ2) is 8.60. The van der Waals surface area contributed by atoms with Gasteiger partial charge in [-0.3, -0.25) is 9.59 Å². The van der Waals surface area contributed by atoms with Gasteiger partial charge in [0.1, 0.15) is 12.3 Å². The molecule has 0 radical (unpaired) electrons. The summed E-state index contributed by atoms with van der Waals surface area (Å²) in [5, 5.41) is 26.1. The highest BCUT2D eigenvalue weighted by Gasteiger charge is 2.21. The van der Waals surface area contributed by atoms with Crippen LogP contribution in [0.1, 0.15) is 5.56 Å². The molecule has 10 heteroatoms. The maximum atomic E-state index is 11.9. The van der Waals surface area contributed by atoms with Crippen LogP contribution in [0.5, 0.6) is 5.75 Å². The van der Waals surface area contributed by atoms with E-state index in [4.69, 9.17) is 4.74 Å². The van der Waals surface area contributed by atoms with Crippen molar-refractivity contribution >= 4 is 17.7 Å². The molecule has 1 atom stereocenters. The van der Waals surface area contributed by atoms with E-state index in [9.17, 15) is 24.8 Å². The molecule has 0 saturated carbocycles. The van der Waals surface area contributed by atoms with Gasteiger partial charge in [0.2, 0.25) is 5.91 Å². The first-order chi connectivity index (χ1) is 12.4. The maximum Gasteiger partial charge on any atom is 0.389 e. The summed E-state index contributed by atoms with van der Waals surface area (Å²) in [6.07, 6.45) is 1.49. The Morgan fingerprint density at radius 2 is 2.12 bits per heavy atom. The fraction of sp³-hybridized carbons (Fsp3) is 0.312. The fourth-order valence-corrected chi connectivity index (χ4v) is 2.36. The lowest BCUT2D eigenvalue weighted by atomic mass is 9.98. The molecule has 1 amide bonds. The molecule has 1 aromatic heterocycles. The van der Waals surface area contributed by atoms with Crippen LogP contribution in [0, 0.1) is 16.0 Å². The van der Waals surface area contributed by atoms with Gasteiger partial charge in [0, 0.05) is 6.54 Å². The Hall–Kier alpha value is -3.43. The molecule has 0 aliphatic heterocycles. The Morgan fingerprint density at radius 3 is 2.73 bits per heavy atom. The van der Waals surface area contributed by atoms with Crippen molar-refractivity contribution in [2.24, 2.45) is 5.92 Å². The summed E-state index contributed by atoms with van der Waals surface area (Å²) in [5.74, 6) is -2.17. The van der Waals surface area contributed by atoms with Gasteiger partial charge >= 0.3 is 11.8 Å².